The van der Waals surface area contributed by atoms with Gasteiger partial charge >= 0.3 is 0 Å². The van der Waals surface area contributed by atoms with Gasteiger partial charge in [0.25, 0.3) is 0 Å². The van der Waals surface area contributed by atoms with Crippen molar-refractivity contribution in [2.45, 2.75) is 39.3 Å². The van der Waals surface area contributed by atoms with Crippen molar-refractivity contribution in [2.24, 2.45) is 0 Å². The monoisotopic (exact) mass is 128 g/mol. The fourth-order valence-electron chi connectivity index (χ4n) is 1.39. The van der Waals surface area contributed by atoms with Gasteiger partial charge in [-0.1, -0.05) is 0 Å². The lowest BCUT2D eigenvalue weighted by atomic mass is 10.2. The molecule has 9 heavy (non-hydrogen) atoms. The summed E-state index contributed by atoms with van der Waals surface area (Å²) >= 11 is 0. The van der Waals surface area contributed by atoms with Gasteiger partial charge < -0.3 is 0 Å². The lowest BCUT2D eigenvalue weighted by Crippen LogP contribution is -2.41. The molecule has 1 aliphatic heterocycles. The molecular weight excluding hydrogens is 112 g/mol. The Morgan fingerprint density at radius 3 is 2.44 bits per heavy atom. The van der Waals surface area contributed by atoms with Crippen LogP contribution in [0.3, 0.4) is 0 Å². The van der Waals surface area contributed by atoms with E-state index in [9.17, 15) is 0 Å². The van der Waals surface area contributed by atoms with E-state index < -0.39 is 0 Å². The van der Waals surface area contributed by atoms with Crippen LogP contribution in [0.15, 0.2) is 0 Å². The molecule has 0 aromatic heterocycles. The standard InChI is InChI=1S/C7H16N2/c1-6(2)9-7(3)4-5-8-9/h6-8H,4-5H2,1-3H3. The third-order valence-electron chi connectivity index (χ3n) is 1.89. The summed E-state index contributed by atoms with van der Waals surface area (Å²) in [7, 11) is 0. The summed E-state index contributed by atoms with van der Waals surface area (Å²) in [5.41, 5.74) is 3.34. The predicted octanol–water partition coefficient (Wildman–Crippen LogP) is 0.994. The molecule has 1 atom stereocenters. The normalized spacial score (nSPS) is 30.0. The molecule has 1 fully saturated rings. The minimum Gasteiger partial charge on any atom is -0.255 e. The number of hydrogen-bond acceptors (Lipinski definition) is 2. The van der Waals surface area contributed by atoms with E-state index in [4.69, 9.17) is 0 Å². The molecule has 2 nitrogen and oxygen atoms in total. The quantitative estimate of drug-likeness (QED) is 0.566. The summed E-state index contributed by atoms with van der Waals surface area (Å²) in [4.78, 5) is 0. The maximum absolute atomic E-state index is 3.34. The Kier molecular flexibility index (Phi) is 2.09. The Morgan fingerprint density at radius 2 is 2.22 bits per heavy atom. The van der Waals surface area contributed by atoms with Crippen LogP contribution in [0.4, 0.5) is 0 Å². The van der Waals surface area contributed by atoms with Crippen molar-refractivity contribution in [1.82, 2.24) is 10.4 Å². The van der Waals surface area contributed by atoms with Crippen molar-refractivity contribution in [1.29, 1.82) is 0 Å². The van der Waals surface area contributed by atoms with Crippen LogP contribution in [-0.4, -0.2) is 23.6 Å². The van der Waals surface area contributed by atoms with Gasteiger partial charge in [0.15, 0.2) is 0 Å². The first-order valence-electron chi connectivity index (χ1n) is 3.73. The second-order valence-corrected chi connectivity index (χ2v) is 3.05. The molecule has 1 aliphatic rings. The van der Waals surface area contributed by atoms with Gasteiger partial charge in [0.2, 0.25) is 0 Å². The fraction of sp³-hybridized carbons (Fsp3) is 1.00. The first-order valence-corrected chi connectivity index (χ1v) is 3.73. The molecule has 1 saturated heterocycles. The van der Waals surface area contributed by atoms with E-state index in [1.165, 1.54) is 6.42 Å². The molecule has 2 heteroatoms. The number of hydrogen-bond donors (Lipinski definition) is 1. The van der Waals surface area contributed by atoms with E-state index in [1.54, 1.807) is 0 Å². The molecular formula is C7H16N2. The van der Waals surface area contributed by atoms with Crippen LogP contribution in [-0.2, 0) is 0 Å². The van der Waals surface area contributed by atoms with E-state index in [1.807, 2.05) is 0 Å². The SMILES string of the molecule is CC(C)N1NCCC1C. The molecule has 0 aromatic rings. The van der Waals surface area contributed by atoms with Crippen molar-refractivity contribution in [3.05, 3.63) is 0 Å². The van der Waals surface area contributed by atoms with Crippen molar-refractivity contribution in [2.75, 3.05) is 6.54 Å². The van der Waals surface area contributed by atoms with Crippen molar-refractivity contribution in [3.8, 4) is 0 Å². The molecule has 0 radical (unpaired) electrons. The Balaban J connectivity index is 2.40. The van der Waals surface area contributed by atoms with E-state index in [0.29, 0.717) is 6.04 Å². The molecule has 54 valence electrons. The highest BCUT2D eigenvalue weighted by Gasteiger charge is 2.21. The van der Waals surface area contributed by atoms with Crippen LogP contribution >= 0.6 is 0 Å². The van der Waals surface area contributed by atoms with E-state index in [0.717, 1.165) is 12.6 Å². The van der Waals surface area contributed by atoms with Crippen LogP contribution in [0, 0.1) is 0 Å². The summed E-state index contributed by atoms with van der Waals surface area (Å²) in [6.45, 7) is 7.85. The lowest BCUT2D eigenvalue weighted by Gasteiger charge is -2.24. The predicted molar refractivity (Wildman–Crippen MR) is 39.1 cm³/mol. The average molecular weight is 128 g/mol. The van der Waals surface area contributed by atoms with E-state index in [2.05, 4.69) is 31.2 Å². The van der Waals surface area contributed by atoms with Crippen molar-refractivity contribution in [3.63, 3.8) is 0 Å². The van der Waals surface area contributed by atoms with Gasteiger partial charge in [-0.25, -0.2) is 5.01 Å². The zero-order valence-electron chi connectivity index (χ0n) is 6.52. The summed E-state index contributed by atoms with van der Waals surface area (Å²) in [6.07, 6.45) is 1.29. The zero-order valence-corrected chi connectivity index (χ0v) is 6.52. The van der Waals surface area contributed by atoms with Gasteiger partial charge in [0.05, 0.1) is 0 Å². The Morgan fingerprint density at radius 1 is 1.56 bits per heavy atom. The average Bonchev–Trinajstić information content (AvgIpc) is 2.13. The van der Waals surface area contributed by atoms with Gasteiger partial charge in [0.1, 0.15) is 0 Å². The smallest absolute Gasteiger partial charge is 0.0230 e. The van der Waals surface area contributed by atoms with Gasteiger partial charge in [-0.15, -0.1) is 0 Å². The molecule has 0 spiro atoms. The number of hydrazine groups is 1. The third kappa shape index (κ3) is 1.43. The molecule has 0 amide bonds. The minimum atomic E-state index is 0.641. The van der Waals surface area contributed by atoms with Crippen molar-refractivity contribution < 1.29 is 0 Å². The summed E-state index contributed by atoms with van der Waals surface area (Å²) < 4.78 is 0. The Hall–Kier alpha value is -0.0800. The van der Waals surface area contributed by atoms with Gasteiger partial charge in [-0.05, 0) is 27.2 Å². The molecule has 0 saturated carbocycles. The molecule has 1 rings (SSSR count). The molecule has 0 bridgehead atoms. The van der Waals surface area contributed by atoms with Crippen LogP contribution in [0.5, 0.6) is 0 Å². The van der Waals surface area contributed by atoms with Crippen molar-refractivity contribution >= 4 is 0 Å². The van der Waals surface area contributed by atoms with Crippen LogP contribution in [0.2, 0.25) is 0 Å². The van der Waals surface area contributed by atoms with Gasteiger partial charge in [-0.3, -0.25) is 5.43 Å². The first-order chi connectivity index (χ1) is 4.22. The summed E-state index contributed by atoms with van der Waals surface area (Å²) in [6, 6.07) is 1.37. The maximum atomic E-state index is 3.34. The fourth-order valence-corrected chi connectivity index (χ4v) is 1.39. The van der Waals surface area contributed by atoms with Crippen LogP contribution < -0.4 is 5.43 Å². The zero-order chi connectivity index (χ0) is 6.85. The Labute approximate surface area is 57.2 Å². The number of nitrogens with one attached hydrogen (secondary N) is 1. The van der Waals surface area contributed by atoms with Gasteiger partial charge in [0, 0.05) is 18.6 Å². The molecule has 0 aromatic carbocycles. The lowest BCUT2D eigenvalue weighted by molar-refractivity contribution is 0.151. The van der Waals surface area contributed by atoms with Crippen LogP contribution in [0.25, 0.3) is 0 Å². The highest BCUT2D eigenvalue weighted by atomic mass is 15.5. The van der Waals surface area contributed by atoms with E-state index >= 15 is 0 Å². The highest BCUT2D eigenvalue weighted by Crippen LogP contribution is 2.10. The molecule has 1 unspecified atom stereocenters. The van der Waals surface area contributed by atoms with Gasteiger partial charge in [-0.2, -0.15) is 0 Å². The molecule has 0 aliphatic carbocycles. The second-order valence-electron chi connectivity index (χ2n) is 3.05. The first kappa shape index (κ1) is 7.03. The molecule has 1 heterocycles. The highest BCUT2D eigenvalue weighted by molar-refractivity contribution is 4.73. The number of nitrogens with zero attached hydrogens (tertiary/aromatic N) is 1. The topological polar surface area (TPSA) is 15.3 Å². The Bertz CT molecular complexity index is 90.9. The largest absolute Gasteiger partial charge is 0.255 e. The summed E-state index contributed by atoms with van der Waals surface area (Å²) in [5.74, 6) is 0. The van der Waals surface area contributed by atoms with Crippen LogP contribution in [0.1, 0.15) is 27.2 Å². The van der Waals surface area contributed by atoms with E-state index in [-0.39, 0.29) is 0 Å². The second kappa shape index (κ2) is 2.67. The number of rotatable bonds is 1. The minimum absolute atomic E-state index is 0.641. The summed E-state index contributed by atoms with van der Waals surface area (Å²) in [5, 5.41) is 2.32. The third-order valence-corrected chi connectivity index (χ3v) is 1.89. The molecule has 1 N–H and O–H groups in total. The maximum Gasteiger partial charge on any atom is 0.0230 e.